The number of carbonyl (C=O) groups is 2. The van der Waals surface area contributed by atoms with Crippen LogP contribution in [0, 0.1) is 5.92 Å². The Hall–Kier alpha value is -4.62. The van der Waals surface area contributed by atoms with E-state index < -0.39 is 42.3 Å². The summed E-state index contributed by atoms with van der Waals surface area (Å²) in [5.74, 6) is 0.309. The van der Waals surface area contributed by atoms with Crippen molar-refractivity contribution in [2.24, 2.45) is 18.6 Å². The van der Waals surface area contributed by atoms with Gasteiger partial charge in [-0.2, -0.15) is 0 Å². The van der Waals surface area contributed by atoms with Crippen molar-refractivity contribution in [2.45, 2.75) is 50.2 Å². The van der Waals surface area contributed by atoms with Crippen molar-refractivity contribution in [2.75, 3.05) is 19.5 Å². The van der Waals surface area contributed by atoms with Crippen molar-refractivity contribution < 1.29 is 24.5 Å². The molecule has 0 aliphatic heterocycles. The fourth-order valence-corrected chi connectivity index (χ4v) is 5.65. The predicted octanol–water partition coefficient (Wildman–Crippen LogP) is 1.90. The van der Waals surface area contributed by atoms with E-state index in [4.69, 9.17) is 16.0 Å². The number of nitrogens with zero attached hydrogens (tertiary/aromatic N) is 6. The van der Waals surface area contributed by atoms with Gasteiger partial charge in [-0.25, -0.2) is 24.2 Å². The molecule has 4 unspecified atom stereocenters. The third kappa shape index (κ3) is 3.85. The van der Waals surface area contributed by atoms with Gasteiger partial charge in [0.05, 0.1) is 38.2 Å². The van der Waals surface area contributed by atoms with Crippen LogP contribution in [0.15, 0.2) is 29.2 Å². The molecule has 2 amide bonds. The predicted molar refractivity (Wildman–Crippen MR) is 146 cm³/mol. The molecule has 4 aromatic rings. The van der Waals surface area contributed by atoms with Crippen LogP contribution in [0.1, 0.15) is 44.1 Å². The van der Waals surface area contributed by atoms with Crippen LogP contribution in [0.3, 0.4) is 0 Å². The Bertz CT molecular complexity index is 1890. The highest BCUT2D eigenvalue weighted by molar-refractivity contribution is 5.91. The van der Waals surface area contributed by atoms with Crippen molar-refractivity contribution in [3.05, 3.63) is 34.9 Å². The minimum atomic E-state index is -2.79. The fraction of sp³-hybridized carbons (Fsp3) is 0.462. The molecule has 2 aliphatic carbocycles. The van der Waals surface area contributed by atoms with E-state index in [0.717, 1.165) is 0 Å². The zero-order chi connectivity index (χ0) is 31.8. The van der Waals surface area contributed by atoms with Gasteiger partial charge < -0.3 is 25.8 Å². The number of fused-ring (bicyclic) bond motifs is 2. The van der Waals surface area contributed by atoms with Crippen LogP contribution in [0.2, 0.25) is 0 Å². The molecule has 210 valence electrons. The average Bonchev–Trinajstić information content (AvgIpc) is 3.20. The lowest BCUT2D eigenvalue weighted by atomic mass is 10.2. The Kier molecular flexibility index (Phi) is 4.91. The van der Waals surface area contributed by atoms with E-state index in [-0.39, 0.29) is 41.5 Å². The summed E-state index contributed by atoms with van der Waals surface area (Å²) < 4.78 is 46.2. The molecular weight excluding hydrogens is 518 g/mol. The summed E-state index contributed by atoms with van der Waals surface area (Å²) in [6.45, 7) is -0.893. The van der Waals surface area contributed by atoms with E-state index in [1.54, 1.807) is 12.1 Å². The van der Waals surface area contributed by atoms with E-state index in [0.29, 0.717) is 34.3 Å². The van der Waals surface area contributed by atoms with Crippen LogP contribution >= 0.6 is 0 Å². The minimum absolute atomic E-state index is 0.0462. The molecule has 6 rings (SSSR count). The number of primary amides is 1. The fourth-order valence-electron chi connectivity index (χ4n) is 5.65. The number of aryl methyl sites for hydroxylation is 1. The number of methoxy groups -OCH3 is 2. The second-order valence-corrected chi connectivity index (χ2v) is 10.2. The molecule has 2 fully saturated rings. The molecule has 2 saturated carbocycles. The number of carbonyl (C=O) groups excluding carboxylic acids is 2. The van der Waals surface area contributed by atoms with Gasteiger partial charge in [0.15, 0.2) is 5.65 Å². The number of imidazole rings is 1. The molecule has 40 heavy (non-hydrogen) atoms. The Morgan fingerprint density at radius 3 is 2.73 bits per heavy atom. The molecule has 0 bridgehead atoms. The third-order valence-electron chi connectivity index (χ3n) is 7.87. The SMILES string of the molecule is [2H]C1(NC(=O)OC)CCC(n2c(=O)n(C([2H])([2H])[2H])c3cnc(Nc4ccc5c(OC)nn(C6(C(N)=O)CC6C)c5n4)cc32)C1. The van der Waals surface area contributed by atoms with Crippen LogP contribution in [0.5, 0.6) is 5.88 Å². The first-order chi connectivity index (χ1) is 20.7. The smallest absolute Gasteiger partial charge is 0.407 e. The van der Waals surface area contributed by atoms with Crippen molar-refractivity contribution >= 4 is 45.7 Å². The molecule has 0 aromatic carbocycles. The number of alkyl carbamates (subject to hydrolysis) is 1. The lowest BCUT2D eigenvalue weighted by Crippen LogP contribution is -2.36. The number of ether oxygens (including phenoxy) is 2. The number of nitrogens with two attached hydrogens (primary N) is 1. The molecule has 2 aliphatic rings. The van der Waals surface area contributed by atoms with Gasteiger partial charge >= 0.3 is 11.8 Å². The third-order valence-corrected chi connectivity index (χ3v) is 7.87. The maximum absolute atomic E-state index is 13.6. The van der Waals surface area contributed by atoms with E-state index in [1.165, 1.54) is 35.7 Å². The summed E-state index contributed by atoms with van der Waals surface area (Å²) in [4.78, 5) is 46.8. The van der Waals surface area contributed by atoms with E-state index >= 15 is 0 Å². The number of hydrogen-bond donors (Lipinski definition) is 3. The molecule has 4 atom stereocenters. The standard InChI is InChI=1S/C26H31N9O5/c1-13-11-26(13,23(27)36)35-21-16(22(32-35)39-3)7-8-19(31-21)30-20-10-17-18(12-28-20)33(2)25(38)34(17)15-6-5-14(9-15)29-24(37)40-4/h7-8,10,12-15H,5-6,9,11H2,1-4H3,(H2,27,36)(H,29,37)(H,28,30,31)/i2D3,14D. The zero-order valence-corrected chi connectivity index (χ0v) is 22.1. The molecule has 0 radical (unpaired) electrons. The monoisotopic (exact) mass is 553 g/mol. The second kappa shape index (κ2) is 9.24. The molecule has 4 aromatic heterocycles. The number of rotatable bonds is 7. The van der Waals surface area contributed by atoms with Gasteiger partial charge in [-0.15, -0.1) is 5.10 Å². The van der Waals surface area contributed by atoms with Gasteiger partial charge in [0, 0.05) is 29.2 Å². The first-order valence-corrected chi connectivity index (χ1v) is 12.7. The number of aromatic nitrogens is 6. The molecule has 0 spiro atoms. The van der Waals surface area contributed by atoms with Crippen molar-refractivity contribution in [3.8, 4) is 5.88 Å². The summed E-state index contributed by atoms with van der Waals surface area (Å²) in [6, 6.07) is 2.95. The first kappa shape index (κ1) is 21.2. The van der Waals surface area contributed by atoms with Gasteiger partial charge in [-0.3, -0.25) is 13.9 Å². The van der Waals surface area contributed by atoms with Crippen LogP contribution in [-0.4, -0.2) is 61.1 Å². The average molecular weight is 554 g/mol. The van der Waals surface area contributed by atoms with Crippen molar-refractivity contribution in [1.82, 2.24) is 34.2 Å². The van der Waals surface area contributed by atoms with E-state index in [2.05, 4.69) is 30.4 Å². The topological polar surface area (TPSA) is 173 Å². The first-order valence-electron chi connectivity index (χ1n) is 14.7. The Balaban J connectivity index is 1.41. The highest BCUT2D eigenvalue weighted by atomic mass is 16.5. The highest BCUT2D eigenvalue weighted by Crippen LogP contribution is 2.51. The molecule has 14 heteroatoms. The summed E-state index contributed by atoms with van der Waals surface area (Å²) in [7, 11) is 2.66. The number of nitrogens with one attached hydrogen (secondary N) is 2. The number of anilines is 2. The number of hydrogen-bond acceptors (Lipinski definition) is 9. The van der Waals surface area contributed by atoms with Crippen LogP contribution < -0.4 is 26.8 Å². The highest BCUT2D eigenvalue weighted by Gasteiger charge is 2.60. The molecular formula is C26H31N9O5. The van der Waals surface area contributed by atoms with Gasteiger partial charge in [0.2, 0.25) is 11.8 Å². The molecule has 0 saturated heterocycles. The molecule has 4 heterocycles. The van der Waals surface area contributed by atoms with Crippen molar-refractivity contribution in [1.29, 1.82) is 0 Å². The van der Waals surface area contributed by atoms with Crippen LogP contribution in [-0.2, 0) is 22.0 Å². The Morgan fingerprint density at radius 2 is 2.05 bits per heavy atom. The van der Waals surface area contributed by atoms with Crippen LogP contribution in [0.4, 0.5) is 16.4 Å². The summed E-state index contributed by atoms with van der Waals surface area (Å²) in [6.07, 6.45) is 1.64. The number of amides is 2. The van der Waals surface area contributed by atoms with E-state index in [9.17, 15) is 14.4 Å². The Morgan fingerprint density at radius 1 is 1.25 bits per heavy atom. The molecule has 4 N–H and O–H groups in total. The molecule has 14 nitrogen and oxygen atoms in total. The maximum atomic E-state index is 13.6. The largest absolute Gasteiger partial charge is 0.479 e. The van der Waals surface area contributed by atoms with Crippen molar-refractivity contribution in [3.63, 3.8) is 0 Å². The lowest BCUT2D eigenvalue weighted by Gasteiger charge is -2.15. The zero-order valence-electron chi connectivity index (χ0n) is 26.1. The van der Waals surface area contributed by atoms with Crippen LogP contribution in [0.25, 0.3) is 22.1 Å². The van der Waals surface area contributed by atoms with Gasteiger partial charge in [-0.1, -0.05) is 6.92 Å². The maximum Gasteiger partial charge on any atom is 0.407 e. The minimum Gasteiger partial charge on any atom is -0.479 e. The van der Waals surface area contributed by atoms with Gasteiger partial charge in [0.25, 0.3) is 0 Å². The summed E-state index contributed by atoms with van der Waals surface area (Å²) in [5, 5.41) is 10.6. The van der Waals surface area contributed by atoms with E-state index in [1.807, 2.05) is 6.92 Å². The normalized spacial score (nSPS) is 27.5. The van der Waals surface area contributed by atoms with Gasteiger partial charge in [-0.05, 0) is 43.7 Å². The van der Waals surface area contributed by atoms with Gasteiger partial charge in [0.1, 0.15) is 17.2 Å². The second-order valence-electron chi connectivity index (χ2n) is 10.2. The quantitative estimate of drug-likeness (QED) is 0.309. The lowest BCUT2D eigenvalue weighted by molar-refractivity contribution is -0.123. The number of pyridine rings is 2. The summed E-state index contributed by atoms with van der Waals surface area (Å²) in [5.41, 5.74) is 4.70. The Labute approximate surface area is 234 Å². The summed E-state index contributed by atoms with van der Waals surface area (Å²) >= 11 is 0.